The number of sulfonamides is 1. The molecule has 1 aliphatic rings. The smallest absolute Gasteiger partial charge is 0.262 e. The molecule has 0 radical (unpaired) electrons. The number of amides is 1. The summed E-state index contributed by atoms with van der Waals surface area (Å²) in [5, 5.41) is 8.84. The van der Waals surface area contributed by atoms with Crippen LogP contribution in [0.4, 0.5) is 0 Å². The van der Waals surface area contributed by atoms with Crippen molar-refractivity contribution in [2.45, 2.75) is 37.3 Å². The molecule has 0 saturated carbocycles. The fourth-order valence-electron chi connectivity index (χ4n) is 2.33. The first kappa shape index (κ1) is 19.0. The minimum Gasteiger partial charge on any atom is -0.488 e. The maximum Gasteiger partial charge on any atom is 0.262 e. The maximum atomic E-state index is 12.8. The molecule has 1 aliphatic heterocycles. The third-order valence-electron chi connectivity index (χ3n) is 3.35. The van der Waals surface area contributed by atoms with Gasteiger partial charge in [0.15, 0.2) is 0 Å². The molecule has 7 nitrogen and oxygen atoms in total. The van der Waals surface area contributed by atoms with Crippen LogP contribution in [0.15, 0.2) is 29.2 Å². The standard InChI is InChI=1S/C15H22N2O5S2/c1-15(2,3)22-11-4-6-12(7-5-11)24(20,21)17-8-9-23-10-13(17)14(18)16-19/h4-7,13,19H,8-10H2,1-3H3,(H,16,18). The summed E-state index contributed by atoms with van der Waals surface area (Å²) in [6.07, 6.45) is 0. The number of benzene rings is 1. The fraction of sp³-hybridized carbons (Fsp3) is 0.533. The lowest BCUT2D eigenvalue weighted by Crippen LogP contribution is -2.53. The van der Waals surface area contributed by atoms with E-state index in [0.717, 1.165) is 4.31 Å². The Balaban J connectivity index is 2.26. The first-order chi connectivity index (χ1) is 11.1. The van der Waals surface area contributed by atoms with Crippen LogP contribution in [0.3, 0.4) is 0 Å². The molecule has 134 valence electrons. The highest BCUT2D eigenvalue weighted by Crippen LogP contribution is 2.27. The van der Waals surface area contributed by atoms with Crippen LogP contribution in [-0.4, -0.2) is 53.5 Å². The molecule has 1 atom stereocenters. The van der Waals surface area contributed by atoms with Crippen molar-refractivity contribution >= 4 is 27.7 Å². The molecule has 0 aliphatic carbocycles. The van der Waals surface area contributed by atoms with E-state index in [1.165, 1.54) is 23.9 Å². The number of hydrogen-bond acceptors (Lipinski definition) is 6. The zero-order valence-corrected chi connectivity index (χ0v) is 15.5. The molecule has 0 aromatic heterocycles. The summed E-state index contributed by atoms with van der Waals surface area (Å²) in [4.78, 5) is 11.9. The Morgan fingerprint density at radius 3 is 2.50 bits per heavy atom. The molecule has 0 spiro atoms. The largest absolute Gasteiger partial charge is 0.488 e. The normalized spacial score (nSPS) is 19.8. The third kappa shape index (κ3) is 4.41. The molecule has 2 rings (SSSR count). The van der Waals surface area contributed by atoms with Crippen LogP contribution < -0.4 is 10.2 Å². The molecule has 1 fully saturated rings. The number of hydrogen-bond donors (Lipinski definition) is 2. The van der Waals surface area contributed by atoms with Crippen LogP contribution in [0, 0.1) is 0 Å². The van der Waals surface area contributed by atoms with Crippen molar-refractivity contribution < 1.29 is 23.2 Å². The zero-order valence-electron chi connectivity index (χ0n) is 13.9. The van der Waals surface area contributed by atoms with Crippen LogP contribution in [0.25, 0.3) is 0 Å². The van der Waals surface area contributed by atoms with Crippen molar-refractivity contribution in [3.63, 3.8) is 0 Å². The van der Waals surface area contributed by atoms with Crippen LogP contribution >= 0.6 is 11.8 Å². The van der Waals surface area contributed by atoms with Crippen LogP contribution in [0.5, 0.6) is 5.75 Å². The minimum absolute atomic E-state index is 0.0893. The molecular weight excluding hydrogens is 352 g/mol. The lowest BCUT2D eigenvalue weighted by atomic mass is 10.2. The highest BCUT2D eigenvalue weighted by atomic mass is 32.2. The second-order valence-corrected chi connectivity index (χ2v) is 9.41. The predicted molar refractivity (Wildman–Crippen MR) is 91.8 cm³/mol. The van der Waals surface area contributed by atoms with E-state index < -0.39 is 22.0 Å². The second kappa shape index (κ2) is 7.30. The molecule has 24 heavy (non-hydrogen) atoms. The van der Waals surface area contributed by atoms with Gasteiger partial charge in [0.2, 0.25) is 10.0 Å². The number of nitrogens with zero attached hydrogens (tertiary/aromatic N) is 1. The van der Waals surface area contributed by atoms with Gasteiger partial charge in [0.25, 0.3) is 5.91 Å². The number of nitrogens with one attached hydrogen (secondary N) is 1. The molecule has 1 heterocycles. The number of thioether (sulfide) groups is 1. The van der Waals surface area contributed by atoms with Gasteiger partial charge in [0.1, 0.15) is 17.4 Å². The van der Waals surface area contributed by atoms with Crippen LogP contribution in [0.2, 0.25) is 0 Å². The van der Waals surface area contributed by atoms with Gasteiger partial charge < -0.3 is 4.74 Å². The Kier molecular flexibility index (Phi) is 5.79. The van der Waals surface area contributed by atoms with Gasteiger partial charge in [0, 0.05) is 18.1 Å². The van der Waals surface area contributed by atoms with Gasteiger partial charge in [0.05, 0.1) is 4.90 Å². The van der Waals surface area contributed by atoms with E-state index in [0.29, 0.717) is 17.3 Å². The fourth-order valence-corrected chi connectivity index (χ4v) is 5.17. The van der Waals surface area contributed by atoms with Crippen molar-refractivity contribution in [3.05, 3.63) is 24.3 Å². The summed E-state index contributed by atoms with van der Waals surface area (Å²) in [7, 11) is -3.83. The quantitative estimate of drug-likeness (QED) is 0.612. The average molecular weight is 374 g/mol. The average Bonchev–Trinajstić information content (AvgIpc) is 2.53. The lowest BCUT2D eigenvalue weighted by molar-refractivity contribution is -0.132. The number of rotatable bonds is 4. The Hall–Kier alpha value is -1.29. The first-order valence-electron chi connectivity index (χ1n) is 7.48. The zero-order chi connectivity index (χ0) is 18.0. The Bertz CT molecular complexity index is 683. The van der Waals surface area contributed by atoms with Gasteiger partial charge in [-0.05, 0) is 45.0 Å². The SMILES string of the molecule is CC(C)(C)Oc1ccc(S(=O)(=O)N2CCSCC2C(=O)NO)cc1. The Morgan fingerprint density at radius 1 is 1.33 bits per heavy atom. The number of ether oxygens (including phenoxy) is 1. The molecule has 1 amide bonds. The second-order valence-electron chi connectivity index (χ2n) is 6.37. The summed E-state index contributed by atoms with van der Waals surface area (Å²) in [5.74, 6) is 0.745. The predicted octanol–water partition coefficient (Wildman–Crippen LogP) is 1.48. The number of hydroxylamine groups is 1. The molecule has 0 bridgehead atoms. The summed E-state index contributed by atoms with van der Waals surface area (Å²) >= 11 is 1.47. The van der Waals surface area contributed by atoms with Crippen LogP contribution in [-0.2, 0) is 14.8 Å². The van der Waals surface area contributed by atoms with E-state index in [-0.39, 0.29) is 17.0 Å². The lowest BCUT2D eigenvalue weighted by Gasteiger charge is -2.32. The summed E-state index contributed by atoms with van der Waals surface area (Å²) < 4.78 is 32.5. The van der Waals surface area contributed by atoms with Gasteiger partial charge >= 0.3 is 0 Å². The molecule has 1 saturated heterocycles. The Labute approximate surface area is 146 Å². The van der Waals surface area contributed by atoms with E-state index in [2.05, 4.69) is 0 Å². The monoisotopic (exact) mass is 374 g/mol. The van der Waals surface area contributed by atoms with E-state index in [1.54, 1.807) is 17.6 Å². The highest BCUT2D eigenvalue weighted by molar-refractivity contribution is 7.99. The first-order valence-corrected chi connectivity index (χ1v) is 10.1. The number of carbonyl (C=O) groups is 1. The summed E-state index contributed by atoms with van der Waals surface area (Å²) in [6, 6.07) is 5.19. The Morgan fingerprint density at radius 2 is 1.96 bits per heavy atom. The van der Waals surface area contributed by atoms with E-state index in [1.807, 2.05) is 20.8 Å². The minimum atomic E-state index is -3.83. The van der Waals surface area contributed by atoms with Gasteiger partial charge in [-0.2, -0.15) is 16.1 Å². The van der Waals surface area contributed by atoms with Crippen molar-refractivity contribution in [1.82, 2.24) is 9.79 Å². The van der Waals surface area contributed by atoms with Gasteiger partial charge in [-0.1, -0.05) is 0 Å². The van der Waals surface area contributed by atoms with E-state index in [4.69, 9.17) is 9.94 Å². The van der Waals surface area contributed by atoms with Gasteiger partial charge in [-0.15, -0.1) is 0 Å². The van der Waals surface area contributed by atoms with E-state index in [9.17, 15) is 13.2 Å². The molecule has 1 aromatic rings. The van der Waals surface area contributed by atoms with E-state index >= 15 is 0 Å². The van der Waals surface area contributed by atoms with Crippen molar-refractivity contribution in [2.24, 2.45) is 0 Å². The topological polar surface area (TPSA) is 95.9 Å². The molecular formula is C15H22N2O5S2. The molecule has 9 heteroatoms. The summed E-state index contributed by atoms with van der Waals surface area (Å²) in [5.41, 5.74) is 1.16. The van der Waals surface area contributed by atoms with Gasteiger partial charge in [-0.25, -0.2) is 13.9 Å². The molecule has 1 aromatic carbocycles. The molecule has 1 unspecified atom stereocenters. The van der Waals surface area contributed by atoms with Crippen molar-refractivity contribution in [1.29, 1.82) is 0 Å². The number of carbonyl (C=O) groups excluding carboxylic acids is 1. The maximum absolute atomic E-state index is 12.8. The van der Waals surface area contributed by atoms with Crippen LogP contribution in [0.1, 0.15) is 20.8 Å². The highest BCUT2D eigenvalue weighted by Gasteiger charge is 2.38. The summed E-state index contributed by atoms with van der Waals surface area (Å²) in [6.45, 7) is 5.93. The van der Waals surface area contributed by atoms with Crippen molar-refractivity contribution in [2.75, 3.05) is 18.1 Å². The van der Waals surface area contributed by atoms with Crippen molar-refractivity contribution in [3.8, 4) is 5.75 Å². The third-order valence-corrected chi connectivity index (χ3v) is 6.29. The molecule has 2 N–H and O–H groups in total. The van der Waals surface area contributed by atoms with Gasteiger partial charge in [-0.3, -0.25) is 10.0 Å².